The van der Waals surface area contributed by atoms with Crippen molar-refractivity contribution in [1.82, 2.24) is 0 Å². The highest BCUT2D eigenvalue weighted by Gasteiger charge is 2.56. The number of fused-ring (bicyclic) bond motifs is 1. The van der Waals surface area contributed by atoms with E-state index in [9.17, 15) is 18.3 Å². The first-order chi connectivity index (χ1) is 12.0. The first-order valence-electron chi connectivity index (χ1n) is 8.56. The Hall–Kier alpha value is -0.850. The predicted molar refractivity (Wildman–Crippen MR) is 98.8 cm³/mol. The van der Waals surface area contributed by atoms with Crippen molar-refractivity contribution >= 4 is 23.4 Å². The minimum absolute atomic E-state index is 0.390. The Bertz CT molecular complexity index is 717. The number of aliphatic hydroxyl groups is 1. The molecule has 0 radical (unpaired) electrons. The highest BCUT2D eigenvalue weighted by molar-refractivity contribution is 8.04. The fourth-order valence-corrected chi connectivity index (χ4v) is 5.13. The van der Waals surface area contributed by atoms with Crippen molar-refractivity contribution < 1.29 is 23.0 Å². The second-order valence-corrected chi connectivity index (χ2v) is 9.42. The van der Waals surface area contributed by atoms with E-state index < -0.39 is 29.5 Å². The van der Waals surface area contributed by atoms with Crippen LogP contribution in [-0.4, -0.2) is 29.2 Å². The summed E-state index contributed by atoms with van der Waals surface area (Å²) >= 11 is 7.20. The Morgan fingerprint density at radius 1 is 1.31 bits per heavy atom. The van der Waals surface area contributed by atoms with E-state index in [-0.39, 0.29) is 6.42 Å². The minimum atomic E-state index is -4.73. The molecule has 26 heavy (non-hydrogen) atoms. The number of hydrogen-bond acceptors (Lipinski definition) is 3. The van der Waals surface area contributed by atoms with Crippen molar-refractivity contribution in [2.45, 2.75) is 50.3 Å². The summed E-state index contributed by atoms with van der Waals surface area (Å²) in [6.45, 7) is 4.00. The lowest BCUT2D eigenvalue weighted by atomic mass is 9.72. The quantitative estimate of drug-likeness (QED) is 0.708. The van der Waals surface area contributed by atoms with Crippen LogP contribution in [0.2, 0.25) is 0 Å². The van der Waals surface area contributed by atoms with E-state index in [0.717, 1.165) is 12.0 Å². The molecule has 2 aliphatic rings. The van der Waals surface area contributed by atoms with Crippen molar-refractivity contribution in [3.63, 3.8) is 0 Å². The lowest BCUT2D eigenvalue weighted by molar-refractivity contribution is -0.271. The first-order valence-corrected chi connectivity index (χ1v) is 9.93. The highest BCUT2D eigenvalue weighted by Crippen LogP contribution is 2.49. The second kappa shape index (κ2) is 6.95. The van der Waals surface area contributed by atoms with Crippen LogP contribution >= 0.6 is 23.4 Å². The average Bonchev–Trinajstić information content (AvgIpc) is 3.13. The number of ether oxygens (including phenoxy) is 1. The maximum Gasteiger partial charge on any atom is 0.417 e. The van der Waals surface area contributed by atoms with Gasteiger partial charge in [0, 0.05) is 17.7 Å². The predicted octanol–water partition coefficient (Wildman–Crippen LogP) is 5.42. The molecule has 1 N–H and O–H groups in total. The van der Waals surface area contributed by atoms with Gasteiger partial charge in [-0.3, -0.25) is 0 Å². The second-order valence-electron chi connectivity index (χ2n) is 7.73. The van der Waals surface area contributed by atoms with Crippen LogP contribution in [0.25, 0.3) is 0 Å². The molecule has 144 valence electrons. The summed E-state index contributed by atoms with van der Waals surface area (Å²) in [4.78, 5) is 0. The number of thioether (sulfide) groups is 1. The van der Waals surface area contributed by atoms with Gasteiger partial charge in [0.05, 0.1) is 11.0 Å². The van der Waals surface area contributed by atoms with Crippen LogP contribution < -0.4 is 4.74 Å². The van der Waals surface area contributed by atoms with Gasteiger partial charge in [-0.15, -0.1) is 11.8 Å². The molecule has 2 atom stereocenters. The highest BCUT2D eigenvalue weighted by atomic mass is 35.5. The van der Waals surface area contributed by atoms with E-state index in [4.69, 9.17) is 16.3 Å². The first kappa shape index (κ1) is 19.9. The van der Waals surface area contributed by atoms with Crippen LogP contribution in [0.5, 0.6) is 5.75 Å². The molecule has 0 saturated carbocycles. The normalized spacial score (nSPS) is 22.6. The van der Waals surface area contributed by atoms with Gasteiger partial charge >= 0.3 is 6.18 Å². The van der Waals surface area contributed by atoms with E-state index in [1.807, 2.05) is 12.1 Å². The number of rotatable bonds is 5. The van der Waals surface area contributed by atoms with E-state index >= 15 is 0 Å². The zero-order valence-electron chi connectivity index (χ0n) is 14.7. The van der Waals surface area contributed by atoms with Gasteiger partial charge in [-0.05, 0) is 29.7 Å². The summed E-state index contributed by atoms with van der Waals surface area (Å²) in [6.07, 6.45) is -3.18. The standard InChI is InChI=1S/C19H22ClF3O2S/c1-17(2,14-5-3-4-13-6-7-25-16(13)14)11-18(24,19(21,22)23)9-12-8-15(20)26-10-12/h3-5,8,12,24H,6-7,9-11H2,1-2H3. The molecule has 1 aromatic carbocycles. The molecule has 2 aliphatic heterocycles. The largest absolute Gasteiger partial charge is 0.493 e. The molecular formula is C19H22ClF3O2S. The van der Waals surface area contributed by atoms with Crippen LogP contribution in [0.15, 0.2) is 28.6 Å². The summed E-state index contributed by atoms with van der Waals surface area (Å²) in [6, 6.07) is 5.57. The number of halogens is 4. The van der Waals surface area contributed by atoms with Gasteiger partial charge in [0.1, 0.15) is 5.75 Å². The Labute approximate surface area is 160 Å². The Kier molecular flexibility index (Phi) is 5.32. The number of hydrogen-bond donors (Lipinski definition) is 1. The molecule has 3 rings (SSSR count). The zero-order chi connectivity index (χ0) is 19.2. The van der Waals surface area contributed by atoms with Crippen molar-refractivity contribution in [3.05, 3.63) is 39.8 Å². The SMILES string of the molecule is CC(C)(CC(O)(CC1C=C(Cl)SC1)C(F)(F)F)c1cccc2c1OCC2. The van der Waals surface area contributed by atoms with Crippen molar-refractivity contribution in [1.29, 1.82) is 0 Å². The number of benzene rings is 1. The molecular weight excluding hydrogens is 385 g/mol. The third-order valence-corrected chi connectivity index (χ3v) is 6.57. The molecule has 0 fully saturated rings. The van der Waals surface area contributed by atoms with Crippen LogP contribution in [0.1, 0.15) is 37.8 Å². The van der Waals surface area contributed by atoms with Gasteiger partial charge in [-0.2, -0.15) is 13.2 Å². The van der Waals surface area contributed by atoms with Gasteiger partial charge in [-0.25, -0.2) is 0 Å². The average molecular weight is 407 g/mol. The minimum Gasteiger partial charge on any atom is -0.493 e. The van der Waals surface area contributed by atoms with Crippen molar-refractivity contribution in [2.24, 2.45) is 5.92 Å². The fourth-order valence-electron chi connectivity index (χ4n) is 3.88. The monoisotopic (exact) mass is 406 g/mol. The van der Waals surface area contributed by atoms with E-state index in [2.05, 4.69) is 0 Å². The molecule has 1 aromatic rings. The van der Waals surface area contributed by atoms with Crippen LogP contribution in [-0.2, 0) is 11.8 Å². The topological polar surface area (TPSA) is 29.5 Å². The Balaban J connectivity index is 1.90. The fraction of sp³-hybridized carbons (Fsp3) is 0.579. The number of para-hydroxylation sites is 1. The van der Waals surface area contributed by atoms with Gasteiger partial charge in [-0.1, -0.05) is 49.7 Å². The lowest BCUT2D eigenvalue weighted by Gasteiger charge is -2.39. The smallest absolute Gasteiger partial charge is 0.417 e. The maximum atomic E-state index is 13.8. The van der Waals surface area contributed by atoms with Gasteiger partial charge in [0.2, 0.25) is 0 Å². The molecule has 0 saturated heterocycles. The molecule has 0 aliphatic carbocycles. The van der Waals surface area contributed by atoms with Gasteiger partial charge in [0.25, 0.3) is 0 Å². The Morgan fingerprint density at radius 2 is 2.04 bits per heavy atom. The van der Waals surface area contributed by atoms with Gasteiger partial charge < -0.3 is 9.84 Å². The van der Waals surface area contributed by atoms with E-state index in [1.165, 1.54) is 11.8 Å². The molecule has 2 nitrogen and oxygen atoms in total. The summed E-state index contributed by atoms with van der Waals surface area (Å²) in [5.41, 5.74) is -1.97. The molecule has 2 unspecified atom stereocenters. The van der Waals surface area contributed by atoms with Crippen LogP contribution in [0, 0.1) is 5.92 Å². The van der Waals surface area contributed by atoms with E-state index in [1.54, 1.807) is 26.0 Å². The maximum absolute atomic E-state index is 13.8. The number of allylic oxidation sites excluding steroid dienone is 1. The zero-order valence-corrected chi connectivity index (χ0v) is 16.3. The van der Waals surface area contributed by atoms with E-state index in [0.29, 0.717) is 28.0 Å². The summed E-state index contributed by atoms with van der Waals surface area (Å²) < 4.78 is 47.7. The van der Waals surface area contributed by atoms with Crippen molar-refractivity contribution in [2.75, 3.05) is 12.4 Å². The molecule has 2 heterocycles. The molecule has 0 aromatic heterocycles. The van der Waals surface area contributed by atoms with Crippen LogP contribution in [0.3, 0.4) is 0 Å². The third kappa shape index (κ3) is 3.87. The molecule has 0 bridgehead atoms. The van der Waals surface area contributed by atoms with Gasteiger partial charge in [0.15, 0.2) is 5.60 Å². The molecule has 7 heteroatoms. The lowest BCUT2D eigenvalue weighted by Crippen LogP contribution is -2.50. The molecule has 0 amide bonds. The Morgan fingerprint density at radius 3 is 2.65 bits per heavy atom. The summed E-state index contributed by atoms with van der Waals surface area (Å²) in [5.74, 6) is 0.732. The summed E-state index contributed by atoms with van der Waals surface area (Å²) in [7, 11) is 0. The third-order valence-electron chi connectivity index (χ3n) is 5.11. The van der Waals surface area contributed by atoms with Crippen LogP contribution in [0.4, 0.5) is 13.2 Å². The molecule has 0 spiro atoms. The summed E-state index contributed by atoms with van der Waals surface area (Å²) in [5, 5.41) is 10.7. The van der Waals surface area contributed by atoms with Crippen molar-refractivity contribution in [3.8, 4) is 5.75 Å². The number of alkyl halides is 3.